The lowest BCUT2D eigenvalue weighted by atomic mass is 10.1. The average molecular weight is 396 g/mol. The highest BCUT2D eigenvalue weighted by Gasteiger charge is 2.35. The maximum absolute atomic E-state index is 12.7. The Balaban J connectivity index is 1.46. The molecule has 0 saturated carbocycles. The van der Waals surface area contributed by atoms with E-state index < -0.39 is 6.04 Å². The van der Waals surface area contributed by atoms with Crippen molar-refractivity contribution < 1.29 is 9.59 Å². The van der Waals surface area contributed by atoms with Gasteiger partial charge in [0.15, 0.2) is 5.13 Å². The van der Waals surface area contributed by atoms with Gasteiger partial charge in [-0.1, -0.05) is 24.3 Å². The minimum absolute atomic E-state index is 0.130. The molecule has 27 heavy (non-hydrogen) atoms. The van der Waals surface area contributed by atoms with Crippen LogP contribution in [0.4, 0.5) is 5.13 Å². The first-order valence-electron chi connectivity index (χ1n) is 8.34. The van der Waals surface area contributed by atoms with Gasteiger partial charge in [-0.25, -0.2) is 4.98 Å². The second-order valence-corrected chi connectivity index (χ2v) is 7.76. The van der Waals surface area contributed by atoms with E-state index in [1.54, 1.807) is 35.0 Å². The van der Waals surface area contributed by atoms with Gasteiger partial charge in [-0.15, -0.1) is 23.1 Å². The van der Waals surface area contributed by atoms with Crippen LogP contribution in [0.15, 0.2) is 60.1 Å². The number of rotatable bonds is 4. The fourth-order valence-corrected chi connectivity index (χ4v) is 4.62. The average Bonchev–Trinajstić information content (AvgIpc) is 3.38. The van der Waals surface area contributed by atoms with Gasteiger partial charge in [0.25, 0.3) is 5.91 Å². The molecular formula is C19H16N4O2S2. The molecule has 2 amide bonds. The van der Waals surface area contributed by atoms with Crippen molar-refractivity contribution in [2.24, 2.45) is 0 Å². The number of carbonyl (C=O) groups excluding carboxylic acids is 2. The first-order valence-corrected chi connectivity index (χ1v) is 10.4. The molecule has 3 heterocycles. The molecule has 1 aliphatic rings. The van der Waals surface area contributed by atoms with Gasteiger partial charge in [0.1, 0.15) is 11.7 Å². The summed E-state index contributed by atoms with van der Waals surface area (Å²) in [6, 6.07) is 14.1. The normalized spacial score (nSPS) is 16.3. The third kappa shape index (κ3) is 3.86. The summed E-state index contributed by atoms with van der Waals surface area (Å²) in [5.41, 5.74) is 2.06. The van der Waals surface area contributed by atoms with Gasteiger partial charge in [-0.05, 0) is 24.3 Å². The van der Waals surface area contributed by atoms with E-state index in [9.17, 15) is 9.59 Å². The van der Waals surface area contributed by atoms with Gasteiger partial charge in [0, 0.05) is 22.9 Å². The summed E-state index contributed by atoms with van der Waals surface area (Å²) in [5, 5.41) is 5.20. The van der Waals surface area contributed by atoms with E-state index in [0.29, 0.717) is 28.0 Å². The molecule has 2 aromatic heterocycles. The van der Waals surface area contributed by atoms with Crippen LogP contribution in [0.1, 0.15) is 10.4 Å². The number of hydrogen-bond acceptors (Lipinski definition) is 6. The molecule has 0 radical (unpaired) electrons. The number of carbonyl (C=O) groups is 2. The number of aromatic nitrogens is 2. The highest BCUT2D eigenvalue weighted by atomic mass is 32.2. The minimum atomic E-state index is -0.509. The third-order valence-electron chi connectivity index (χ3n) is 4.13. The minimum Gasteiger partial charge on any atom is -0.316 e. The molecule has 0 unspecified atom stereocenters. The summed E-state index contributed by atoms with van der Waals surface area (Å²) >= 11 is 2.92. The van der Waals surface area contributed by atoms with Crippen LogP contribution in [0.5, 0.6) is 0 Å². The standard InChI is InChI=1S/C19H16N4O2S2/c24-17(22-19-21-15(10-27-19)14-8-4-5-9-20-14)16-11-26-12-23(16)18(25)13-6-2-1-3-7-13/h1-10,16H,11-12H2,(H,21,22,24)/t16-/m0/s1. The second-order valence-electron chi connectivity index (χ2n) is 5.90. The summed E-state index contributed by atoms with van der Waals surface area (Å²) in [5.74, 6) is 0.728. The first kappa shape index (κ1) is 17.7. The van der Waals surface area contributed by atoms with Crippen molar-refractivity contribution in [3.05, 3.63) is 65.7 Å². The molecule has 6 nitrogen and oxygen atoms in total. The van der Waals surface area contributed by atoms with Crippen molar-refractivity contribution in [2.75, 3.05) is 16.9 Å². The van der Waals surface area contributed by atoms with Gasteiger partial charge in [0.2, 0.25) is 5.91 Å². The van der Waals surface area contributed by atoms with Crippen LogP contribution in [-0.4, -0.2) is 44.4 Å². The van der Waals surface area contributed by atoms with E-state index in [1.165, 1.54) is 11.3 Å². The molecule has 1 saturated heterocycles. The fourth-order valence-electron chi connectivity index (χ4n) is 2.76. The van der Waals surface area contributed by atoms with E-state index in [-0.39, 0.29) is 11.8 Å². The number of thiazole rings is 1. The number of benzene rings is 1. The van der Waals surface area contributed by atoms with Crippen LogP contribution >= 0.6 is 23.1 Å². The second kappa shape index (κ2) is 7.89. The largest absolute Gasteiger partial charge is 0.316 e. The molecule has 136 valence electrons. The molecule has 1 N–H and O–H groups in total. The summed E-state index contributed by atoms with van der Waals surface area (Å²) in [4.78, 5) is 35.8. The quantitative estimate of drug-likeness (QED) is 0.732. The van der Waals surface area contributed by atoms with Crippen molar-refractivity contribution in [1.82, 2.24) is 14.9 Å². The Kier molecular flexibility index (Phi) is 5.17. The van der Waals surface area contributed by atoms with Gasteiger partial charge < -0.3 is 10.2 Å². The summed E-state index contributed by atoms with van der Waals surface area (Å²) in [7, 11) is 0. The summed E-state index contributed by atoms with van der Waals surface area (Å²) in [6.45, 7) is 0. The maximum atomic E-state index is 12.7. The molecule has 0 aliphatic carbocycles. The van der Waals surface area contributed by atoms with E-state index in [0.717, 1.165) is 5.69 Å². The number of amides is 2. The predicted octanol–water partition coefficient (Wildman–Crippen LogP) is 3.36. The number of thioether (sulfide) groups is 1. The number of pyridine rings is 1. The number of hydrogen-bond donors (Lipinski definition) is 1. The molecule has 4 rings (SSSR count). The lowest BCUT2D eigenvalue weighted by molar-refractivity contribution is -0.119. The molecule has 0 spiro atoms. The topological polar surface area (TPSA) is 75.2 Å². The third-order valence-corrected chi connectivity index (χ3v) is 5.90. The molecular weight excluding hydrogens is 380 g/mol. The highest BCUT2D eigenvalue weighted by Crippen LogP contribution is 2.26. The number of nitrogens with one attached hydrogen (secondary N) is 1. The Morgan fingerprint density at radius 1 is 1.07 bits per heavy atom. The Morgan fingerprint density at radius 3 is 2.67 bits per heavy atom. The predicted molar refractivity (Wildman–Crippen MR) is 108 cm³/mol. The maximum Gasteiger partial charge on any atom is 0.255 e. The molecule has 3 aromatic rings. The van der Waals surface area contributed by atoms with Gasteiger partial charge in [0.05, 0.1) is 11.6 Å². The van der Waals surface area contributed by atoms with Crippen molar-refractivity contribution in [3.63, 3.8) is 0 Å². The Bertz CT molecular complexity index is 947. The van der Waals surface area contributed by atoms with Crippen molar-refractivity contribution in [2.45, 2.75) is 6.04 Å². The monoisotopic (exact) mass is 396 g/mol. The Labute approximate surface area is 164 Å². The van der Waals surface area contributed by atoms with Crippen molar-refractivity contribution >= 4 is 40.0 Å². The zero-order valence-corrected chi connectivity index (χ0v) is 15.9. The zero-order chi connectivity index (χ0) is 18.6. The highest BCUT2D eigenvalue weighted by molar-refractivity contribution is 7.99. The fraction of sp³-hybridized carbons (Fsp3) is 0.158. The molecule has 1 aromatic carbocycles. The van der Waals surface area contributed by atoms with Gasteiger partial charge >= 0.3 is 0 Å². The van der Waals surface area contributed by atoms with Crippen LogP contribution in [0.2, 0.25) is 0 Å². The van der Waals surface area contributed by atoms with E-state index in [1.807, 2.05) is 41.8 Å². The smallest absolute Gasteiger partial charge is 0.255 e. The van der Waals surface area contributed by atoms with Crippen molar-refractivity contribution in [3.8, 4) is 11.4 Å². The van der Waals surface area contributed by atoms with Crippen LogP contribution in [0, 0.1) is 0 Å². The SMILES string of the molecule is O=C(Nc1nc(-c2ccccn2)cs1)[C@@H]1CSCN1C(=O)c1ccccc1. The summed E-state index contributed by atoms with van der Waals surface area (Å²) in [6.07, 6.45) is 1.70. The molecule has 1 atom stereocenters. The van der Waals surface area contributed by atoms with Crippen molar-refractivity contribution in [1.29, 1.82) is 0 Å². The Morgan fingerprint density at radius 2 is 1.89 bits per heavy atom. The van der Waals surface area contributed by atoms with Gasteiger partial charge in [-0.3, -0.25) is 14.6 Å². The van der Waals surface area contributed by atoms with E-state index >= 15 is 0 Å². The molecule has 8 heteroatoms. The molecule has 1 aliphatic heterocycles. The number of nitrogens with zero attached hydrogens (tertiary/aromatic N) is 3. The van der Waals surface area contributed by atoms with Crippen LogP contribution < -0.4 is 5.32 Å². The lowest BCUT2D eigenvalue weighted by Gasteiger charge is -2.22. The lowest BCUT2D eigenvalue weighted by Crippen LogP contribution is -2.44. The van der Waals surface area contributed by atoms with Gasteiger partial charge in [-0.2, -0.15) is 0 Å². The molecule has 1 fully saturated rings. The zero-order valence-electron chi connectivity index (χ0n) is 14.2. The van der Waals surface area contributed by atoms with E-state index in [2.05, 4.69) is 15.3 Å². The van der Waals surface area contributed by atoms with E-state index in [4.69, 9.17) is 0 Å². The Hall–Kier alpha value is -2.71. The van der Waals surface area contributed by atoms with Crippen LogP contribution in [0.3, 0.4) is 0 Å². The number of anilines is 1. The first-order chi connectivity index (χ1) is 13.2. The van der Waals surface area contributed by atoms with Crippen LogP contribution in [0.25, 0.3) is 11.4 Å². The van der Waals surface area contributed by atoms with Crippen LogP contribution in [-0.2, 0) is 4.79 Å². The molecule has 0 bridgehead atoms. The summed E-state index contributed by atoms with van der Waals surface area (Å²) < 4.78 is 0.